The zero-order valence-electron chi connectivity index (χ0n) is 12.7. The molecule has 21 heavy (non-hydrogen) atoms. The normalized spacial score (nSPS) is 23.2. The van der Waals surface area contributed by atoms with E-state index in [-0.39, 0.29) is 6.10 Å². The van der Waals surface area contributed by atoms with E-state index >= 15 is 0 Å². The van der Waals surface area contributed by atoms with E-state index in [4.69, 9.17) is 0 Å². The number of hydrogen-bond acceptors (Lipinski definition) is 5. The van der Waals surface area contributed by atoms with Crippen LogP contribution >= 0.6 is 0 Å². The van der Waals surface area contributed by atoms with Crippen LogP contribution in [0, 0.1) is 5.92 Å². The van der Waals surface area contributed by atoms with Crippen LogP contribution in [0.15, 0.2) is 18.5 Å². The Morgan fingerprint density at radius 3 is 2.38 bits per heavy atom. The first-order chi connectivity index (χ1) is 10.3. The molecule has 1 saturated heterocycles. The van der Waals surface area contributed by atoms with E-state index in [0.29, 0.717) is 5.92 Å². The molecule has 5 heteroatoms. The highest BCUT2D eigenvalue weighted by Crippen LogP contribution is 2.27. The van der Waals surface area contributed by atoms with E-state index in [1.807, 2.05) is 6.07 Å². The van der Waals surface area contributed by atoms with Crippen molar-refractivity contribution >= 4 is 5.95 Å². The highest BCUT2D eigenvalue weighted by atomic mass is 16.3. The summed E-state index contributed by atoms with van der Waals surface area (Å²) in [6, 6.07) is 1.85. The third kappa shape index (κ3) is 3.92. The van der Waals surface area contributed by atoms with Crippen LogP contribution in [0.5, 0.6) is 0 Å². The molecule has 0 aromatic carbocycles. The van der Waals surface area contributed by atoms with Gasteiger partial charge in [0, 0.05) is 45.1 Å². The summed E-state index contributed by atoms with van der Waals surface area (Å²) in [5.41, 5.74) is 0. The molecular weight excluding hydrogens is 264 g/mol. The molecule has 0 bridgehead atoms. The topological polar surface area (TPSA) is 52.5 Å². The average Bonchev–Trinajstić information content (AvgIpc) is 2.57. The van der Waals surface area contributed by atoms with E-state index in [2.05, 4.69) is 19.8 Å². The molecule has 1 aromatic rings. The van der Waals surface area contributed by atoms with Crippen LogP contribution in [-0.2, 0) is 0 Å². The standard InChI is InChI=1S/C16H26N4O/c21-15(14-5-2-1-3-6-14)13-19-9-11-20(12-10-19)16-17-7-4-8-18-16/h4,7-8,14-15,21H,1-3,5-6,9-13H2. The van der Waals surface area contributed by atoms with Gasteiger partial charge in [-0.2, -0.15) is 0 Å². The SMILES string of the molecule is OC(CN1CCN(c2ncccn2)CC1)C1CCCCC1. The fourth-order valence-electron chi connectivity index (χ4n) is 3.52. The number of piperazine rings is 1. The van der Waals surface area contributed by atoms with Crippen molar-refractivity contribution in [3.05, 3.63) is 18.5 Å². The van der Waals surface area contributed by atoms with Crippen LogP contribution in [0.4, 0.5) is 5.95 Å². The van der Waals surface area contributed by atoms with Gasteiger partial charge >= 0.3 is 0 Å². The molecule has 0 spiro atoms. The lowest BCUT2D eigenvalue weighted by Crippen LogP contribution is -2.50. The number of hydrogen-bond donors (Lipinski definition) is 1. The van der Waals surface area contributed by atoms with E-state index < -0.39 is 0 Å². The molecule has 2 aliphatic rings. The highest BCUT2D eigenvalue weighted by Gasteiger charge is 2.26. The number of anilines is 1. The van der Waals surface area contributed by atoms with Crippen molar-refractivity contribution in [3.63, 3.8) is 0 Å². The molecule has 5 nitrogen and oxygen atoms in total. The molecule has 116 valence electrons. The molecule has 1 atom stereocenters. The van der Waals surface area contributed by atoms with Gasteiger partial charge in [-0.3, -0.25) is 4.90 Å². The van der Waals surface area contributed by atoms with Gasteiger partial charge in [-0.15, -0.1) is 0 Å². The molecule has 2 fully saturated rings. The van der Waals surface area contributed by atoms with Gasteiger partial charge in [0.15, 0.2) is 0 Å². The fraction of sp³-hybridized carbons (Fsp3) is 0.750. The summed E-state index contributed by atoms with van der Waals surface area (Å²) in [7, 11) is 0. The fourth-order valence-corrected chi connectivity index (χ4v) is 3.52. The van der Waals surface area contributed by atoms with Gasteiger partial charge in [0.2, 0.25) is 5.95 Å². The van der Waals surface area contributed by atoms with Crippen LogP contribution in [0.25, 0.3) is 0 Å². The molecule has 1 aromatic heterocycles. The average molecular weight is 290 g/mol. The predicted molar refractivity (Wildman–Crippen MR) is 83.3 cm³/mol. The third-order valence-electron chi connectivity index (χ3n) is 4.85. The second-order valence-electron chi connectivity index (χ2n) is 6.30. The molecule has 1 aliphatic heterocycles. The Balaban J connectivity index is 1.45. The minimum absolute atomic E-state index is 0.148. The summed E-state index contributed by atoms with van der Waals surface area (Å²) in [6.07, 6.45) is 9.78. The van der Waals surface area contributed by atoms with Crippen molar-refractivity contribution in [2.75, 3.05) is 37.6 Å². The number of aliphatic hydroxyl groups is 1. The van der Waals surface area contributed by atoms with E-state index in [9.17, 15) is 5.11 Å². The Morgan fingerprint density at radius 2 is 1.71 bits per heavy atom. The van der Waals surface area contributed by atoms with Crippen LogP contribution < -0.4 is 4.90 Å². The summed E-state index contributed by atoms with van der Waals surface area (Å²) in [6.45, 7) is 4.70. The first-order valence-corrected chi connectivity index (χ1v) is 8.25. The Bertz CT molecular complexity index is 414. The molecule has 1 aliphatic carbocycles. The van der Waals surface area contributed by atoms with E-state index in [1.54, 1.807) is 12.4 Å². The first kappa shape index (κ1) is 14.7. The molecular formula is C16H26N4O. The van der Waals surface area contributed by atoms with E-state index in [1.165, 1.54) is 32.1 Å². The first-order valence-electron chi connectivity index (χ1n) is 8.25. The number of rotatable bonds is 4. The van der Waals surface area contributed by atoms with Crippen LogP contribution in [-0.4, -0.2) is 58.8 Å². The van der Waals surface area contributed by atoms with Crippen molar-refractivity contribution in [1.82, 2.24) is 14.9 Å². The van der Waals surface area contributed by atoms with Crippen LogP contribution in [0.3, 0.4) is 0 Å². The maximum atomic E-state index is 10.4. The summed E-state index contributed by atoms with van der Waals surface area (Å²) in [4.78, 5) is 13.2. The maximum Gasteiger partial charge on any atom is 0.225 e. The maximum absolute atomic E-state index is 10.4. The predicted octanol–water partition coefficient (Wildman–Crippen LogP) is 1.54. The van der Waals surface area contributed by atoms with Gasteiger partial charge in [0.1, 0.15) is 0 Å². The molecule has 0 amide bonds. The van der Waals surface area contributed by atoms with Gasteiger partial charge in [-0.1, -0.05) is 19.3 Å². The van der Waals surface area contributed by atoms with Crippen molar-refractivity contribution in [2.45, 2.75) is 38.2 Å². The lowest BCUT2D eigenvalue weighted by molar-refractivity contribution is 0.0459. The third-order valence-corrected chi connectivity index (χ3v) is 4.85. The van der Waals surface area contributed by atoms with Crippen molar-refractivity contribution in [2.24, 2.45) is 5.92 Å². The van der Waals surface area contributed by atoms with Crippen molar-refractivity contribution < 1.29 is 5.11 Å². The number of aliphatic hydroxyl groups excluding tert-OH is 1. The molecule has 3 rings (SSSR count). The van der Waals surface area contributed by atoms with Gasteiger partial charge in [-0.25, -0.2) is 9.97 Å². The minimum atomic E-state index is -0.148. The Kier molecular flexibility index (Phi) is 5.04. The second-order valence-corrected chi connectivity index (χ2v) is 6.30. The lowest BCUT2D eigenvalue weighted by atomic mass is 9.85. The Labute approximate surface area is 127 Å². The number of aromatic nitrogens is 2. The van der Waals surface area contributed by atoms with Gasteiger partial charge in [0.05, 0.1) is 6.10 Å². The Morgan fingerprint density at radius 1 is 1.05 bits per heavy atom. The van der Waals surface area contributed by atoms with Gasteiger partial charge in [-0.05, 0) is 24.8 Å². The van der Waals surface area contributed by atoms with Crippen LogP contribution in [0.1, 0.15) is 32.1 Å². The molecule has 1 unspecified atom stereocenters. The van der Waals surface area contributed by atoms with Gasteiger partial charge in [0.25, 0.3) is 0 Å². The summed E-state index contributed by atoms with van der Waals surface area (Å²) >= 11 is 0. The summed E-state index contributed by atoms with van der Waals surface area (Å²) in [5.74, 6) is 1.35. The second kappa shape index (κ2) is 7.18. The summed E-state index contributed by atoms with van der Waals surface area (Å²) < 4.78 is 0. The van der Waals surface area contributed by atoms with Crippen molar-refractivity contribution in [1.29, 1.82) is 0 Å². The van der Waals surface area contributed by atoms with Crippen LogP contribution in [0.2, 0.25) is 0 Å². The minimum Gasteiger partial charge on any atom is -0.392 e. The molecule has 0 radical (unpaired) electrons. The smallest absolute Gasteiger partial charge is 0.225 e. The largest absolute Gasteiger partial charge is 0.392 e. The monoisotopic (exact) mass is 290 g/mol. The quantitative estimate of drug-likeness (QED) is 0.911. The van der Waals surface area contributed by atoms with Crippen molar-refractivity contribution in [3.8, 4) is 0 Å². The zero-order chi connectivity index (χ0) is 14.5. The van der Waals surface area contributed by atoms with E-state index in [0.717, 1.165) is 38.7 Å². The zero-order valence-corrected chi connectivity index (χ0v) is 12.7. The molecule has 1 N–H and O–H groups in total. The Hall–Kier alpha value is -1.20. The lowest BCUT2D eigenvalue weighted by Gasteiger charge is -2.37. The highest BCUT2D eigenvalue weighted by molar-refractivity contribution is 5.29. The summed E-state index contributed by atoms with van der Waals surface area (Å²) in [5, 5.41) is 10.4. The molecule has 2 heterocycles. The number of β-amino-alcohol motifs (C(OH)–C–C–N with tert-alkyl or cyclic N) is 1. The van der Waals surface area contributed by atoms with Gasteiger partial charge < -0.3 is 10.0 Å². The molecule has 1 saturated carbocycles. The number of nitrogens with zero attached hydrogens (tertiary/aromatic N) is 4.